The van der Waals surface area contributed by atoms with Gasteiger partial charge in [-0.05, 0) is 13.1 Å². The van der Waals surface area contributed by atoms with E-state index in [0.717, 1.165) is 0 Å². The molecule has 1 aromatic rings. The second-order valence-electron chi connectivity index (χ2n) is 5.10. The van der Waals surface area contributed by atoms with E-state index in [1.54, 1.807) is 14.1 Å². The Kier molecular flexibility index (Phi) is 5.57. The molecule has 1 fully saturated rings. The number of hydrogen-bond donors (Lipinski definition) is 2. The minimum atomic E-state index is -3.58. The Morgan fingerprint density at radius 2 is 2.14 bits per heavy atom. The van der Waals surface area contributed by atoms with Crippen LogP contribution in [0.1, 0.15) is 10.5 Å². The van der Waals surface area contributed by atoms with Crippen molar-refractivity contribution in [3.05, 3.63) is 18.0 Å². The zero-order valence-corrected chi connectivity index (χ0v) is 13.6. The SMILES string of the molecule is CNCCN(C)C(=O)c1cc(S(=O)(=O)N2CCOCC2)c[nH]1. The van der Waals surface area contributed by atoms with Crippen molar-refractivity contribution in [3.8, 4) is 0 Å². The van der Waals surface area contributed by atoms with Gasteiger partial charge in [0.1, 0.15) is 10.6 Å². The highest BCUT2D eigenvalue weighted by molar-refractivity contribution is 7.89. The molecular formula is C13H22N4O4S. The molecule has 0 atom stereocenters. The van der Waals surface area contributed by atoms with Gasteiger partial charge >= 0.3 is 0 Å². The summed E-state index contributed by atoms with van der Waals surface area (Å²) in [6.45, 7) is 2.66. The van der Waals surface area contributed by atoms with E-state index in [1.807, 2.05) is 0 Å². The first-order valence-corrected chi connectivity index (χ1v) is 8.57. The summed E-state index contributed by atoms with van der Waals surface area (Å²) in [5, 5.41) is 2.96. The van der Waals surface area contributed by atoms with Crippen LogP contribution in [-0.4, -0.2) is 82.0 Å². The molecule has 9 heteroatoms. The average Bonchev–Trinajstić information content (AvgIpc) is 3.03. The number of carbonyl (C=O) groups excluding carboxylic acids is 1. The normalized spacial score (nSPS) is 16.6. The van der Waals surface area contributed by atoms with Crippen molar-refractivity contribution in [2.45, 2.75) is 4.90 Å². The molecule has 0 bridgehead atoms. The Morgan fingerprint density at radius 3 is 2.77 bits per heavy atom. The molecule has 0 radical (unpaired) electrons. The summed E-state index contributed by atoms with van der Waals surface area (Å²) in [5.41, 5.74) is 0.269. The summed E-state index contributed by atoms with van der Waals surface area (Å²) in [7, 11) is -0.0956. The van der Waals surface area contributed by atoms with E-state index in [-0.39, 0.29) is 16.5 Å². The van der Waals surface area contributed by atoms with Gasteiger partial charge in [-0.3, -0.25) is 4.79 Å². The second-order valence-corrected chi connectivity index (χ2v) is 7.03. The van der Waals surface area contributed by atoms with E-state index in [4.69, 9.17) is 4.74 Å². The first-order chi connectivity index (χ1) is 10.5. The number of hydrogen-bond acceptors (Lipinski definition) is 5. The molecule has 0 spiro atoms. The Morgan fingerprint density at radius 1 is 1.45 bits per heavy atom. The first-order valence-electron chi connectivity index (χ1n) is 7.13. The van der Waals surface area contributed by atoms with Crippen molar-refractivity contribution in [2.24, 2.45) is 0 Å². The number of H-pyrrole nitrogens is 1. The van der Waals surface area contributed by atoms with Gasteiger partial charge in [0.25, 0.3) is 5.91 Å². The van der Waals surface area contributed by atoms with Crippen LogP contribution in [0.5, 0.6) is 0 Å². The highest BCUT2D eigenvalue weighted by atomic mass is 32.2. The molecule has 1 aromatic heterocycles. The predicted octanol–water partition coefficient (Wildman–Crippen LogP) is -0.673. The molecule has 1 amide bonds. The maximum Gasteiger partial charge on any atom is 0.270 e. The summed E-state index contributed by atoms with van der Waals surface area (Å²) in [5.74, 6) is -0.237. The molecule has 2 rings (SSSR count). The number of nitrogens with one attached hydrogen (secondary N) is 2. The van der Waals surface area contributed by atoms with Crippen molar-refractivity contribution >= 4 is 15.9 Å². The number of aromatic amines is 1. The third-order valence-corrected chi connectivity index (χ3v) is 5.42. The lowest BCUT2D eigenvalue weighted by atomic mass is 10.3. The highest BCUT2D eigenvalue weighted by Gasteiger charge is 2.28. The van der Waals surface area contributed by atoms with E-state index in [0.29, 0.717) is 39.4 Å². The third-order valence-electron chi connectivity index (χ3n) is 3.54. The van der Waals surface area contributed by atoms with Crippen molar-refractivity contribution in [1.29, 1.82) is 0 Å². The molecule has 0 unspecified atom stereocenters. The Balaban J connectivity index is 2.11. The number of rotatable bonds is 6. The van der Waals surface area contributed by atoms with E-state index >= 15 is 0 Å². The topological polar surface area (TPSA) is 94.7 Å². The zero-order valence-electron chi connectivity index (χ0n) is 12.8. The molecule has 0 aliphatic carbocycles. The van der Waals surface area contributed by atoms with Crippen LogP contribution in [-0.2, 0) is 14.8 Å². The monoisotopic (exact) mass is 330 g/mol. The van der Waals surface area contributed by atoms with Crippen LogP contribution < -0.4 is 5.32 Å². The van der Waals surface area contributed by atoms with Crippen molar-refractivity contribution in [1.82, 2.24) is 19.5 Å². The molecule has 22 heavy (non-hydrogen) atoms. The van der Waals surface area contributed by atoms with E-state index in [9.17, 15) is 13.2 Å². The van der Waals surface area contributed by atoms with Gasteiger partial charge in [0.05, 0.1) is 13.2 Å². The number of carbonyl (C=O) groups is 1. The second kappa shape index (κ2) is 7.23. The van der Waals surface area contributed by atoms with Gasteiger partial charge in [-0.1, -0.05) is 0 Å². The fourth-order valence-corrected chi connectivity index (χ4v) is 3.57. The number of amides is 1. The minimum Gasteiger partial charge on any atom is -0.379 e. The summed E-state index contributed by atoms with van der Waals surface area (Å²) in [6, 6.07) is 1.39. The van der Waals surface area contributed by atoms with Gasteiger partial charge in [-0.25, -0.2) is 8.42 Å². The van der Waals surface area contributed by atoms with Crippen LogP contribution in [0.15, 0.2) is 17.2 Å². The number of sulfonamides is 1. The number of morpholine rings is 1. The molecule has 0 saturated carbocycles. The highest BCUT2D eigenvalue weighted by Crippen LogP contribution is 2.18. The lowest BCUT2D eigenvalue weighted by molar-refractivity contribution is 0.0730. The molecule has 1 aliphatic rings. The van der Waals surface area contributed by atoms with Gasteiger partial charge in [0, 0.05) is 39.4 Å². The maximum absolute atomic E-state index is 12.5. The fraction of sp³-hybridized carbons (Fsp3) is 0.615. The van der Waals surface area contributed by atoms with Crippen molar-refractivity contribution in [3.63, 3.8) is 0 Å². The molecule has 8 nitrogen and oxygen atoms in total. The zero-order chi connectivity index (χ0) is 16.2. The molecule has 1 aliphatic heterocycles. The van der Waals surface area contributed by atoms with Crippen molar-refractivity contribution in [2.75, 3.05) is 53.5 Å². The summed E-state index contributed by atoms with van der Waals surface area (Å²) in [4.78, 5) is 16.6. The lowest BCUT2D eigenvalue weighted by Crippen LogP contribution is -2.40. The van der Waals surface area contributed by atoms with Gasteiger partial charge in [-0.2, -0.15) is 4.31 Å². The van der Waals surface area contributed by atoms with Crippen LogP contribution in [0, 0.1) is 0 Å². The quantitative estimate of drug-likeness (QED) is 0.721. The van der Waals surface area contributed by atoms with Crippen molar-refractivity contribution < 1.29 is 17.9 Å². The van der Waals surface area contributed by atoms with E-state index < -0.39 is 10.0 Å². The molecular weight excluding hydrogens is 308 g/mol. The van der Waals surface area contributed by atoms with E-state index in [2.05, 4.69) is 10.3 Å². The van der Waals surface area contributed by atoms with Crippen LogP contribution >= 0.6 is 0 Å². The van der Waals surface area contributed by atoms with Crippen LogP contribution in [0.3, 0.4) is 0 Å². The molecule has 2 N–H and O–H groups in total. The van der Waals surface area contributed by atoms with Gasteiger partial charge in [0.15, 0.2) is 0 Å². The number of likely N-dealkylation sites (N-methyl/N-ethyl adjacent to an activating group) is 2. The van der Waals surface area contributed by atoms with E-state index in [1.165, 1.54) is 21.5 Å². The smallest absolute Gasteiger partial charge is 0.270 e. The predicted molar refractivity (Wildman–Crippen MR) is 81.3 cm³/mol. The maximum atomic E-state index is 12.5. The number of nitrogens with zero attached hydrogens (tertiary/aromatic N) is 2. The Hall–Kier alpha value is -1.42. The minimum absolute atomic E-state index is 0.111. The van der Waals surface area contributed by atoms with Gasteiger partial charge in [0.2, 0.25) is 10.0 Å². The molecule has 1 saturated heterocycles. The summed E-state index contributed by atoms with van der Waals surface area (Å²) < 4.78 is 31.5. The third kappa shape index (κ3) is 3.67. The van der Waals surface area contributed by atoms with Crippen LogP contribution in [0.4, 0.5) is 0 Å². The molecule has 0 aromatic carbocycles. The number of ether oxygens (including phenoxy) is 1. The van der Waals surface area contributed by atoms with Gasteiger partial charge < -0.3 is 19.9 Å². The fourth-order valence-electron chi connectivity index (χ4n) is 2.17. The molecule has 124 valence electrons. The Labute approximate surface area is 130 Å². The standard InChI is InChI=1S/C13H22N4O4S/c1-14-3-4-16(2)13(18)12-9-11(10-15-12)22(19,20)17-5-7-21-8-6-17/h9-10,14-15H,3-8H2,1-2H3. The van der Waals surface area contributed by atoms with Crippen LogP contribution in [0.2, 0.25) is 0 Å². The Bertz CT molecular complexity index is 607. The lowest BCUT2D eigenvalue weighted by Gasteiger charge is -2.25. The largest absolute Gasteiger partial charge is 0.379 e. The summed E-state index contributed by atoms with van der Waals surface area (Å²) in [6.07, 6.45) is 1.37. The summed E-state index contributed by atoms with van der Waals surface area (Å²) >= 11 is 0. The number of aromatic nitrogens is 1. The van der Waals surface area contributed by atoms with Crippen LogP contribution in [0.25, 0.3) is 0 Å². The average molecular weight is 330 g/mol. The first kappa shape index (κ1) is 16.9. The molecule has 2 heterocycles. The van der Waals surface area contributed by atoms with Gasteiger partial charge in [-0.15, -0.1) is 0 Å².